The number of nitrogens with one attached hydrogen (secondary N) is 1. The second-order valence-corrected chi connectivity index (χ2v) is 9.47. The molecule has 10 nitrogen and oxygen atoms in total. The highest BCUT2D eigenvalue weighted by molar-refractivity contribution is 6.30. The summed E-state index contributed by atoms with van der Waals surface area (Å²) in [5.74, 6) is -2.04. The fraction of sp³-hybridized carbons (Fsp3) is 0.320. The highest BCUT2D eigenvalue weighted by atomic mass is 35.5. The first-order valence-corrected chi connectivity index (χ1v) is 11.9. The Morgan fingerprint density at radius 3 is 2.42 bits per heavy atom. The Kier molecular flexibility index (Phi) is 6.98. The summed E-state index contributed by atoms with van der Waals surface area (Å²) in [6.45, 7) is 7.14. The first-order chi connectivity index (χ1) is 17.1. The van der Waals surface area contributed by atoms with Crippen LogP contribution in [0.15, 0.2) is 58.3 Å². The van der Waals surface area contributed by atoms with E-state index in [-0.39, 0.29) is 18.5 Å². The highest BCUT2D eigenvalue weighted by Crippen LogP contribution is 2.24. The molecule has 0 aliphatic heterocycles. The third kappa shape index (κ3) is 4.90. The van der Waals surface area contributed by atoms with Crippen LogP contribution in [0.25, 0.3) is 10.9 Å². The molecule has 4 rings (SSSR count). The number of carboxylic acids is 1. The smallest absolute Gasteiger partial charge is 0.355 e. The van der Waals surface area contributed by atoms with Crippen molar-refractivity contribution in [3.8, 4) is 0 Å². The predicted octanol–water partition coefficient (Wildman–Crippen LogP) is 4.06. The van der Waals surface area contributed by atoms with Crippen LogP contribution in [0.1, 0.15) is 45.3 Å². The average molecular weight is 511 g/mol. The van der Waals surface area contributed by atoms with Gasteiger partial charge in [0, 0.05) is 22.1 Å². The molecule has 0 unspecified atom stereocenters. The fourth-order valence-corrected chi connectivity index (χ4v) is 4.09. The number of anilines is 2. The third-order valence-electron chi connectivity index (χ3n) is 6.22. The molecule has 0 radical (unpaired) electrons. The number of nitrogens with zero attached hydrogens (tertiary/aromatic N) is 5. The second-order valence-electron chi connectivity index (χ2n) is 9.03. The molecule has 2 atom stereocenters. The van der Waals surface area contributed by atoms with E-state index in [1.54, 1.807) is 30.5 Å². The summed E-state index contributed by atoms with van der Waals surface area (Å²) in [5, 5.41) is 18.4. The SMILES string of the molecule is CC(C)n1ncc2cc(Nc3nc(=O)n([C@@H](C)[C@@H](C)C(=O)O)c(=O)n3Cc3ccc(Cl)cc3)ccc21. The van der Waals surface area contributed by atoms with Crippen molar-refractivity contribution in [3.05, 3.63) is 80.2 Å². The molecule has 0 saturated heterocycles. The zero-order valence-electron chi connectivity index (χ0n) is 20.3. The van der Waals surface area contributed by atoms with Crippen molar-refractivity contribution in [3.63, 3.8) is 0 Å². The summed E-state index contributed by atoms with van der Waals surface area (Å²) in [6.07, 6.45) is 1.75. The Bertz CT molecular complexity index is 1540. The molecular formula is C25H27ClN6O4. The number of aliphatic carboxylic acids is 1. The van der Waals surface area contributed by atoms with Crippen molar-refractivity contribution in [1.29, 1.82) is 0 Å². The largest absolute Gasteiger partial charge is 0.481 e. The number of halogens is 1. The molecular weight excluding hydrogens is 484 g/mol. The highest BCUT2D eigenvalue weighted by Gasteiger charge is 2.26. The van der Waals surface area contributed by atoms with Gasteiger partial charge in [-0.15, -0.1) is 0 Å². The van der Waals surface area contributed by atoms with E-state index < -0.39 is 29.3 Å². The van der Waals surface area contributed by atoms with E-state index in [9.17, 15) is 19.5 Å². The van der Waals surface area contributed by atoms with Crippen LogP contribution in [0.2, 0.25) is 5.02 Å². The van der Waals surface area contributed by atoms with Crippen LogP contribution in [0.5, 0.6) is 0 Å². The van der Waals surface area contributed by atoms with Crippen molar-refractivity contribution in [2.24, 2.45) is 5.92 Å². The molecule has 2 heterocycles. The summed E-state index contributed by atoms with van der Waals surface area (Å²) in [5.41, 5.74) is 0.829. The maximum atomic E-state index is 13.5. The summed E-state index contributed by atoms with van der Waals surface area (Å²) >= 11 is 6.00. The van der Waals surface area contributed by atoms with Gasteiger partial charge in [-0.05, 0) is 63.6 Å². The van der Waals surface area contributed by atoms with Crippen molar-refractivity contribution in [2.45, 2.75) is 46.3 Å². The minimum Gasteiger partial charge on any atom is -0.481 e. The van der Waals surface area contributed by atoms with E-state index >= 15 is 0 Å². The van der Waals surface area contributed by atoms with Gasteiger partial charge < -0.3 is 10.4 Å². The molecule has 188 valence electrons. The van der Waals surface area contributed by atoms with Crippen molar-refractivity contribution in [2.75, 3.05) is 5.32 Å². The van der Waals surface area contributed by atoms with Crippen LogP contribution >= 0.6 is 11.6 Å². The third-order valence-corrected chi connectivity index (χ3v) is 6.47. The average Bonchev–Trinajstić information content (AvgIpc) is 3.25. The molecule has 4 aromatic rings. The summed E-state index contributed by atoms with van der Waals surface area (Å²) < 4.78 is 4.10. The Hall–Kier alpha value is -3.92. The number of hydrogen-bond acceptors (Lipinski definition) is 6. The second kappa shape index (κ2) is 9.98. The van der Waals surface area contributed by atoms with Gasteiger partial charge in [0.25, 0.3) is 0 Å². The van der Waals surface area contributed by atoms with Crippen LogP contribution in [-0.2, 0) is 11.3 Å². The lowest BCUT2D eigenvalue weighted by Gasteiger charge is -2.21. The first kappa shape index (κ1) is 25.2. The number of benzene rings is 2. The van der Waals surface area contributed by atoms with Gasteiger partial charge in [0.1, 0.15) is 0 Å². The Morgan fingerprint density at radius 1 is 1.08 bits per heavy atom. The van der Waals surface area contributed by atoms with E-state index in [2.05, 4.69) is 15.4 Å². The number of fused-ring (bicyclic) bond motifs is 1. The predicted molar refractivity (Wildman–Crippen MR) is 138 cm³/mol. The van der Waals surface area contributed by atoms with Gasteiger partial charge in [-0.3, -0.25) is 14.0 Å². The number of hydrogen-bond donors (Lipinski definition) is 2. The quantitative estimate of drug-likeness (QED) is 0.366. The van der Waals surface area contributed by atoms with Crippen LogP contribution < -0.4 is 16.7 Å². The van der Waals surface area contributed by atoms with Gasteiger partial charge in [-0.2, -0.15) is 10.1 Å². The molecule has 2 aromatic heterocycles. The van der Waals surface area contributed by atoms with Gasteiger partial charge >= 0.3 is 17.3 Å². The van der Waals surface area contributed by atoms with E-state index in [4.69, 9.17) is 11.6 Å². The van der Waals surface area contributed by atoms with E-state index in [0.29, 0.717) is 10.7 Å². The number of carbonyl (C=O) groups is 1. The maximum absolute atomic E-state index is 13.5. The van der Waals surface area contributed by atoms with Gasteiger partial charge in [0.15, 0.2) is 0 Å². The molecule has 0 fully saturated rings. The molecule has 0 saturated carbocycles. The topological polar surface area (TPSA) is 124 Å². The first-order valence-electron chi connectivity index (χ1n) is 11.5. The van der Waals surface area contributed by atoms with Crippen LogP contribution in [0.3, 0.4) is 0 Å². The normalized spacial score (nSPS) is 13.2. The molecule has 0 bridgehead atoms. The summed E-state index contributed by atoms with van der Waals surface area (Å²) in [7, 11) is 0. The molecule has 11 heteroatoms. The number of rotatable bonds is 8. The maximum Gasteiger partial charge on any atom is 0.355 e. The van der Waals surface area contributed by atoms with Crippen LogP contribution in [0.4, 0.5) is 11.6 Å². The monoisotopic (exact) mass is 510 g/mol. The minimum absolute atomic E-state index is 0.0435. The molecule has 0 amide bonds. The number of aromatic nitrogens is 5. The van der Waals surface area contributed by atoms with E-state index in [1.807, 2.05) is 36.7 Å². The zero-order chi connectivity index (χ0) is 26.1. The van der Waals surface area contributed by atoms with Crippen LogP contribution in [0, 0.1) is 5.92 Å². The van der Waals surface area contributed by atoms with Gasteiger partial charge in [-0.25, -0.2) is 14.2 Å². The number of carboxylic acid groups (broad SMARTS) is 1. The lowest BCUT2D eigenvalue weighted by Crippen LogP contribution is -2.46. The van der Waals surface area contributed by atoms with Gasteiger partial charge in [0.05, 0.1) is 30.2 Å². The Morgan fingerprint density at radius 2 is 1.78 bits per heavy atom. The lowest BCUT2D eigenvalue weighted by molar-refractivity contribution is -0.142. The van der Waals surface area contributed by atoms with Crippen molar-refractivity contribution >= 4 is 40.1 Å². The van der Waals surface area contributed by atoms with Crippen molar-refractivity contribution in [1.82, 2.24) is 23.9 Å². The molecule has 0 aliphatic carbocycles. The Labute approximate surface area is 211 Å². The van der Waals surface area contributed by atoms with E-state index in [0.717, 1.165) is 21.0 Å². The summed E-state index contributed by atoms with van der Waals surface area (Å²) in [6, 6.07) is 11.8. The lowest BCUT2D eigenvalue weighted by atomic mass is 10.0. The zero-order valence-corrected chi connectivity index (χ0v) is 21.1. The fourth-order valence-electron chi connectivity index (χ4n) is 3.97. The van der Waals surface area contributed by atoms with Gasteiger partial charge in [-0.1, -0.05) is 23.7 Å². The molecule has 2 N–H and O–H groups in total. The van der Waals surface area contributed by atoms with E-state index in [1.165, 1.54) is 18.4 Å². The molecule has 0 aliphatic rings. The molecule has 36 heavy (non-hydrogen) atoms. The van der Waals surface area contributed by atoms with Crippen LogP contribution in [-0.4, -0.2) is 35.0 Å². The standard InChI is InChI=1S/C25H27ClN6O4/c1-14(2)32-21-10-9-20(11-18(21)12-27-32)28-23-29-24(35)31(16(4)15(3)22(33)34)25(36)30(23)13-17-5-7-19(26)8-6-17/h5-12,14-16H,13H2,1-4H3,(H,33,34)(H,28,29,35)/t15-,16+/m1/s1. The molecule has 2 aromatic carbocycles. The van der Waals surface area contributed by atoms with Gasteiger partial charge in [0.2, 0.25) is 5.95 Å². The summed E-state index contributed by atoms with van der Waals surface area (Å²) in [4.78, 5) is 42.1. The minimum atomic E-state index is -1.12. The molecule has 0 spiro atoms. The van der Waals surface area contributed by atoms with Crippen molar-refractivity contribution < 1.29 is 9.90 Å². The Balaban J connectivity index is 1.81.